The van der Waals surface area contributed by atoms with Crippen molar-refractivity contribution < 1.29 is 14.1 Å². The summed E-state index contributed by atoms with van der Waals surface area (Å²) in [5.41, 5.74) is -0.652. The van der Waals surface area contributed by atoms with Crippen molar-refractivity contribution in [2.45, 2.75) is 19.8 Å². The van der Waals surface area contributed by atoms with Crippen molar-refractivity contribution in [1.82, 2.24) is 5.32 Å². The first-order chi connectivity index (χ1) is 8.97. The van der Waals surface area contributed by atoms with Crippen molar-refractivity contribution in [3.8, 4) is 6.07 Å². The van der Waals surface area contributed by atoms with Gasteiger partial charge in [0.05, 0.1) is 16.6 Å². The second-order valence-corrected chi connectivity index (χ2v) is 3.90. The molecule has 19 heavy (non-hydrogen) atoms. The van der Waals surface area contributed by atoms with Gasteiger partial charge in [-0.05, 0) is 18.9 Å². The van der Waals surface area contributed by atoms with Crippen LogP contribution in [0.5, 0.6) is 0 Å². The van der Waals surface area contributed by atoms with E-state index in [4.69, 9.17) is 5.26 Å². The van der Waals surface area contributed by atoms with E-state index in [0.717, 1.165) is 12.1 Å². The number of nitro benzene ring substituents is 1. The van der Waals surface area contributed by atoms with Crippen LogP contribution >= 0.6 is 0 Å². The fourth-order valence-electron chi connectivity index (χ4n) is 1.49. The van der Waals surface area contributed by atoms with Gasteiger partial charge in [-0.2, -0.15) is 5.26 Å². The number of nitriles is 1. The van der Waals surface area contributed by atoms with Gasteiger partial charge < -0.3 is 5.32 Å². The lowest BCUT2D eigenvalue weighted by molar-refractivity contribution is -0.385. The summed E-state index contributed by atoms with van der Waals surface area (Å²) < 4.78 is 13.7. The minimum Gasteiger partial charge on any atom is -0.352 e. The van der Waals surface area contributed by atoms with E-state index in [1.54, 1.807) is 0 Å². The molecule has 0 unspecified atom stereocenters. The van der Waals surface area contributed by atoms with Crippen LogP contribution in [0.1, 0.15) is 28.8 Å². The molecule has 0 aromatic heterocycles. The molecule has 0 radical (unpaired) electrons. The third kappa shape index (κ3) is 3.74. The zero-order chi connectivity index (χ0) is 14.4. The van der Waals surface area contributed by atoms with Crippen molar-refractivity contribution in [2.75, 3.05) is 6.54 Å². The third-order valence-corrected chi connectivity index (χ3v) is 2.45. The van der Waals surface area contributed by atoms with E-state index in [9.17, 15) is 19.3 Å². The highest BCUT2D eigenvalue weighted by molar-refractivity contribution is 5.95. The number of aryl methyl sites for hydroxylation is 1. The lowest BCUT2D eigenvalue weighted by Crippen LogP contribution is -2.25. The number of nitro groups is 1. The zero-order valence-electron chi connectivity index (χ0n) is 10.3. The highest BCUT2D eigenvalue weighted by Gasteiger charge is 2.19. The average molecular weight is 265 g/mol. The maximum Gasteiger partial charge on any atom is 0.270 e. The van der Waals surface area contributed by atoms with Gasteiger partial charge in [0.15, 0.2) is 0 Å². The number of non-ortho nitro benzene ring substituents is 1. The Hall–Kier alpha value is -2.49. The molecule has 1 rings (SSSR count). The summed E-state index contributed by atoms with van der Waals surface area (Å²) in [4.78, 5) is 21.7. The molecule has 0 saturated heterocycles. The number of nitrogens with zero attached hydrogens (tertiary/aromatic N) is 2. The van der Waals surface area contributed by atoms with Crippen LogP contribution < -0.4 is 5.32 Å². The van der Waals surface area contributed by atoms with Crippen LogP contribution in [0.4, 0.5) is 10.1 Å². The van der Waals surface area contributed by atoms with Crippen LogP contribution in [0.2, 0.25) is 0 Å². The van der Waals surface area contributed by atoms with E-state index in [1.165, 1.54) is 6.92 Å². The SMILES string of the molecule is Cc1cc([N+](=O)[O-])cc(C(=O)NCCCC#N)c1F. The summed E-state index contributed by atoms with van der Waals surface area (Å²) in [6.45, 7) is 1.57. The minimum absolute atomic E-state index is 0.0383. The van der Waals surface area contributed by atoms with Crippen LogP contribution in [-0.2, 0) is 0 Å². The molecule has 1 N–H and O–H groups in total. The van der Waals surface area contributed by atoms with Crippen molar-refractivity contribution in [1.29, 1.82) is 5.26 Å². The second-order valence-electron chi connectivity index (χ2n) is 3.90. The number of hydrogen-bond donors (Lipinski definition) is 1. The number of nitrogens with one attached hydrogen (secondary N) is 1. The van der Waals surface area contributed by atoms with Crippen molar-refractivity contribution in [3.05, 3.63) is 39.2 Å². The largest absolute Gasteiger partial charge is 0.352 e. The molecule has 0 atom stereocenters. The summed E-state index contributed by atoms with van der Waals surface area (Å²) in [7, 11) is 0. The number of carbonyl (C=O) groups is 1. The molecule has 1 amide bonds. The van der Waals surface area contributed by atoms with Crippen LogP contribution in [0.25, 0.3) is 0 Å². The molecule has 7 heteroatoms. The lowest BCUT2D eigenvalue weighted by atomic mass is 10.1. The van der Waals surface area contributed by atoms with Gasteiger partial charge in [0, 0.05) is 25.1 Å². The summed E-state index contributed by atoms with van der Waals surface area (Å²) in [5, 5.41) is 21.4. The Kier molecular flexibility index (Phi) is 4.94. The summed E-state index contributed by atoms with van der Waals surface area (Å²) >= 11 is 0. The highest BCUT2D eigenvalue weighted by atomic mass is 19.1. The fraction of sp³-hybridized carbons (Fsp3) is 0.333. The van der Waals surface area contributed by atoms with Gasteiger partial charge in [-0.3, -0.25) is 14.9 Å². The third-order valence-electron chi connectivity index (χ3n) is 2.45. The molecule has 0 aliphatic carbocycles. The minimum atomic E-state index is -0.775. The molecule has 6 nitrogen and oxygen atoms in total. The van der Waals surface area contributed by atoms with Crippen LogP contribution in [0, 0.1) is 34.2 Å². The molecule has 0 aliphatic rings. The molecule has 0 fully saturated rings. The number of amides is 1. The smallest absolute Gasteiger partial charge is 0.270 e. The first-order valence-electron chi connectivity index (χ1n) is 5.57. The Morgan fingerprint density at radius 2 is 2.26 bits per heavy atom. The molecule has 0 bridgehead atoms. The lowest BCUT2D eigenvalue weighted by Gasteiger charge is -2.06. The molecule has 100 valence electrons. The molecular weight excluding hydrogens is 253 g/mol. The molecule has 0 heterocycles. The molecule has 0 aliphatic heterocycles. The van der Waals surface area contributed by atoms with Gasteiger partial charge >= 0.3 is 0 Å². The maximum atomic E-state index is 13.7. The normalized spacial score (nSPS) is 9.74. The van der Waals surface area contributed by atoms with Gasteiger partial charge in [0.1, 0.15) is 5.82 Å². The quantitative estimate of drug-likeness (QED) is 0.500. The Labute approximate surface area is 109 Å². The Morgan fingerprint density at radius 1 is 1.58 bits per heavy atom. The zero-order valence-corrected chi connectivity index (χ0v) is 10.3. The Balaban J connectivity index is 2.90. The first kappa shape index (κ1) is 14.6. The molecular formula is C12H12FN3O3. The van der Waals surface area contributed by atoms with Crippen molar-refractivity contribution >= 4 is 11.6 Å². The number of hydrogen-bond acceptors (Lipinski definition) is 4. The van der Waals surface area contributed by atoms with E-state index in [1.807, 2.05) is 6.07 Å². The molecule has 0 saturated carbocycles. The van der Waals surface area contributed by atoms with Gasteiger partial charge in [-0.25, -0.2) is 4.39 Å². The first-order valence-corrected chi connectivity index (χ1v) is 5.57. The van der Waals surface area contributed by atoms with E-state index >= 15 is 0 Å². The average Bonchev–Trinajstić information content (AvgIpc) is 2.37. The second kappa shape index (κ2) is 6.44. The summed E-state index contributed by atoms with van der Waals surface area (Å²) in [6.07, 6.45) is 0.717. The number of unbranched alkanes of at least 4 members (excludes halogenated alkanes) is 1. The van der Waals surface area contributed by atoms with Gasteiger partial charge in [0.2, 0.25) is 0 Å². The standard InChI is InChI=1S/C12H12FN3O3/c1-8-6-9(16(18)19)7-10(11(8)13)12(17)15-5-3-2-4-14/h6-7H,2-3,5H2,1H3,(H,15,17). The van der Waals surface area contributed by atoms with E-state index in [-0.39, 0.29) is 29.8 Å². The van der Waals surface area contributed by atoms with Crippen molar-refractivity contribution in [3.63, 3.8) is 0 Å². The molecule has 1 aromatic rings. The van der Waals surface area contributed by atoms with Crippen LogP contribution in [-0.4, -0.2) is 17.4 Å². The fourth-order valence-corrected chi connectivity index (χ4v) is 1.49. The van der Waals surface area contributed by atoms with E-state index in [2.05, 4.69) is 5.32 Å². The predicted molar refractivity (Wildman–Crippen MR) is 65.0 cm³/mol. The maximum absolute atomic E-state index is 13.7. The number of benzene rings is 1. The molecule has 0 spiro atoms. The van der Waals surface area contributed by atoms with Crippen LogP contribution in [0.15, 0.2) is 12.1 Å². The monoisotopic (exact) mass is 265 g/mol. The highest BCUT2D eigenvalue weighted by Crippen LogP contribution is 2.20. The summed E-state index contributed by atoms with van der Waals surface area (Å²) in [5.74, 6) is -1.49. The number of carbonyl (C=O) groups excluding carboxylic acids is 1. The number of rotatable bonds is 5. The predicted octanol–water partition coefficient (Wildman–Crippen LogP) is 2.08. The summed E-state index contributed by atoms with van der Waals surface area (Å²) in [6, 6.07) is 3.89. The van der Waals surface area contributed by atoms with E-state index in [0.29, 0.717) is 6.42 Å². The van der Waals surface area contributed by atoms with Gasteiger partial charge in [0.25, 0.3) is 11.6 Å². The molecule has 1 aromatic carbocycles. The topological polar surface area (TPSA) is 96.0 Å². The number of halogens is 1. The van der Waals surface area contributed by atoms with Gasteiger partial charge in [-0.1, -0.05) is 0 Å². The Bertz CT molecular complexity index is 552. The van der Waals surface area contributed by atoms with Crippen LogP contribution in [0.3, 0.4) is 0 Å². The Morgan fingerprint density at radius 3 is 2.84 bits per heavy atom. The van der Waals surface area contributed by atoms with Gasteiger partial charge in [-0.15, -0.1) is 0 Å². The van der Waals surface area contributed by atoms with E-state index < -0.39 is 16.6 Å². The van der Waals surface area contributed by atoms with Crippen molar-refractivity contribution in [2.24, 2.45) is 0 Å².